The monoisotopic (exact) mass is 1020 g/mol. The number of aromatic nitrogens is 5. The van der Waals surface area contributed by atoms with E-state index in [1.165, 1.54) is 0 Å². The third-order valence-electron chi connectivity index (χ3n) is 7.74. The second kappa shape index (κ2) is 26.5. The first-order valence-corrected chi connectivity index (χ1v) is 22.4. The van der Waals surface area contributed by atoms with Crippen molar-refractivity contribution in [2.45, 2.75) is 72.6 Å². The number of aryl methyl sites for hydroxylation is 2. The molecule has 1 unspecified atom stereocenters. The van der Waals surface area contributed by atoms with Gasteiger partial charge in [-0.2, -0.15) is 33.2 Å². The zero-order chi connectivity index (χ0) is 50.0. The molecule has 2 heterocycles. The number of methoxy groups -OCH3 is 1. The van der Waals surface area contributed by atoms with Gasteiger partial charge in [-0.15, -0.1) is 11.6 Å². The van der Waals surface area contributed by atoms with E-state index >= 15 is 0 Å². The fourth-order valence-corrected chi connectivity index (χ4v) is 6.55. The molecule has 1 amide bonds. The van der Waals surface area contributed by atoms with Gasteiger partial charge in [0.1, 0.15) is 17.8 Å². The van der Waals surface area contributed by atoms with Crippen LogP contribution in [-0.2, 0) is 31.5 Å². The summed E-state index contributed by atoms with van der Waals surface area (Å²) in [5.74, 6) is -0.680. The number of carboxylic acid groups (broad SMARTS) is 1. The van der Waals surface area contributed by atoms with Gasteiger partial charge < -0.3 is 40.9 Å². The highest BCUT2D eigenvalue weighted by atomic mass is 35.5. The summed E-state index contributed by atoms with van der Waals surface area (Å²) >= 11 is 23.1. The second-order valence-electron chi connectivity index (χ2n) is 14.3. The fraction of sp³-hybridized carbons (Fsp3) is 0.459. The first-order chi connectivity index (χ1) is 30.0. The molecule has 0 spiro atoms. The normalized spacial score (nSPS) is 11.7. The van der Waals surface area contributed by atoms with Gasteiger partial charge in [-0.05, 0) is 82.8 Å². The molecule has 65 heavy (non-hydrogen) atoms. The summed E-state index contributed by atoms with van der Waals surface area (Å²) in [7, 11) is -2.46. The number of benzene rings is 2. The number of anilines is 4. The standard InChI is InChI=1S/C15H22ClNO2.C10H5Cl2F3N4O2.C9H16ClN5.C3H8NO5P/c1-5-13-8-6-7-11(2)15(13)17(14(18)9-16)12(3)10-19-4;11-5-1-4(10(13,14)15)2-6(12)8(5)18-9(16)7(3-17-18)19(20)21;1-5-11-7-12-6(10)13-8(14-7)15-9(2,3)4;5-3(6)1-4-2-10(7,8)9/h6-8,12H,5,9-10H2,1-4H3;1-3H,16H2;5H2,1-4H3,(H2,11,12,13,14,15);4H,1-2H2,(H,5,6)(H2,7,8,9). The van der Waals surface area contributed by atoms with Gasteiger partial charge in [0.05, 0.1) is 51.7 Å². The summed E-state index contributed by atoms with van der Waals surface area (Å²) in [6, 6.07) is 7.31. The molecule has 4 aromatic rings. The minimum atomic E-state index is -4.63. The SMILES string of the molecule is CCNc1nc(Cl)nc(NC(C)(C)C)n1.CCc1cccc(C)c1N(C(=O)CCl)C(C)COC.Nc1c([N+](=O)[O-])cnn1-c1c(Cl)cc(C(F)(F)F)cc1Cl.O=C(O)CNCP(=O)(O)O. The van der Waals surface area contributed by atoms with Crippen LogP contribution in [0.25, 0.3) is 5.69 Å². The van der Waals surface area contributed by atoms with Crippen molar-refractivity contribution in [1.29, 1.82) is 0 Å². The number of halogens is 7. The summed E-state index contributed by atoms with van der Waals surface area (Å²) < 4.78 is 53.9. The smallest absolute Gasteiger partial charge is 0.416 e. The Labute approximate surface area is 392 Å². The van der Waals surface area contributed by atoms with Crippen molar-refractivity contribution >= 4 is 95.0 Å². The van der Waals surface area contributed by atoms with Crippen molar-refractivity contribution in [3.63, 3.8) is 0 Å². The molecule has 0 radical (unpaired) electrons. The van der Waals surface area contributed by atoms with Gasteiger partial charge in [0, 0.05) is 19.2 Å². The van der Waals surface area contributed by atoms with Crippen LogP contribution in [0.15, 0.2) is 36.5 Å². The Morgan fingerprint density at radius 2 is 1.66 bits per heavy atom. The van der Waals surface area contributed by atoms with Crippen molar-refractivity contribution in [2.24, 2.45) is 0 Å². The molecular weight excluding hydrogens is 972 g/mol. The maximum atomic E-state index is 12.6. The number of carbonyl (C=O) groups is 2. The minimum Gasteiger partial charge on any atom is -0.480 e. The molecule has 28 heteroatoms. The van der Waals surface area contributed by atoms with E-state index < -0.39 is 54.6 Å². The van der Waals surface area contributed by atoms with Gasteiger partial charge in [0.2, 0.25) is 28.9 Å². The summed E-state index contributed by atoms with van der Waals surface area (Å²) in [6.45, 7) is 14.9. The van der Waals surface area contributed by atoms with Crippen LogP contribution in [-0.4, -0.2) is 107 Å². The van der Waals surface area contributed by atoms with E-state index in [0.717, 1.165) is 40.7 Å². The predicted octanol–water partition coefficient (Wildman–Crippen LogP) is 7.82. The van der Waals surface area contributed by atoms with Gasteiger partial charge in [-0.3, -0.25) is 29.6 Å². The van der Waals surface area contributed by atoms with Crippen LogP contribution < -0.4 is 26.6 Å². The van der Waals surface area contributed by atoms with E-state index in [2.05, 4.69) is 49.0 Å². The average Bonchev–Trinajstić information content (AvgIpc) is 3.54. The quantitative estimate of drug-likeness (QED) is 0.0258. The van der Waals surface area contributed by atoms with E-state index in [1.807, 2.05) is 53.7 Å². The number of para-hydroxylation sites is 1. The number of nitrogens with zero attached hydrogens (tertiary/aromatic N) is 7. The van der Waals surface area contributed by atoms with Crippen molar-refractivity contribution in [3.8, 4) is 5.69 Å². The topological polar surface area (TPSA) is 286 Å². The molecule has 0 aliphatic rings. The first kappa shape index (κ1) is 58.4. The Bertz CT molecular complexity index is 2240. The van der Waals surface area contributed by atoms with Gasteiger partial charge in [-0.25, -0.2) is 4.68 Å². The van der Waals surface area contributed by atoms with Crippen LogP contribution in [0.1, 0.15) is 58.2 Å². The number of carbonyl (C=O) groups excluding carboxylic acids is 1. The molecule has 2 aromatic carbocycles. The highest BCUT2D eigenvalue weighted by Gasteiger charge is 2.33. The van der Waals surface area contributed by atoms with Crippen molar-refractivity contribution in [1.82, 2.24) is 30.0 Å². The average molecular weight is 1020 g/mol. The number of ether oxygens (including phenoxy) is 1. The fourth-order valence-electron chi connectivity index (χ4n) is 5.21. The number of hydrogen-bond donors (Lipinski definition) is 7. The largest absolute Gasteiger partial charge is 0.480 e. The van der Waals surface area contributed by atoms with Crippen LogP contribution in [0, 0.1) is 17.0 Å². The molecule has 0 bridgehead atoms. The van der Waals surface area contributed by atoms with Crippen LogP contribution in [0.2, 0.25) is 15.3 Å². The summed E-state index contributed by atoms with van der Waals surface area (Å²) in [4.78, 5) is 62.1. The zero-order valence-electron chi connectivity index (χ0n) is 36.4. The van der Waals surface area contributed by atoms with Gasteiger partial charge in [0.25, 0.3) is 0 Å². The Kier molecular flexibility index (Phi) is 23.9. The maximum Gasteiger partial charge on any atom is 0.416 e. The van der Waals surface area contributed by atoms with E-state index in [-0.39, 0.29) is 44.4 Å². The van der Waals surface area contributed by atoms with Crippen LogP contribution in [0.4, 0.5) is 42.3 Å². The Balaban J connectivity index is 0.000000447. The van der Waals surface area contributed by atoms with E-state index in [1.54, 1.807) is 12.0 Å². The molecular formula is C37H51Cl4F3N11O9P. The van der Waals surface area contributed by atoms with Crippen molar-refractivity contribution in [3.05, 3.63) is 78.7 Å². The lowest BCUT2D eigenvalue weighted by Crippen LogP contribution is -2.43. The number of nitrogens with two attached hydrogens (primary N) is 1. The number of aliphatic carboxylic acids is 1. The van der Waals surface area contributed by atoms with E-state index in [4.69, 9.17) is 71.8 Å². The highest BCUT2D eigenvalue weighted by molar-refractivity contribution is 7.51. The maximum absolute atomic E-state index is 12.6. The Morgan fingerprint density at radius 1 is 1.08 bits per heavy atom. The number of nitrogens with one attached hydrogen (secondary N) is 3. The molecule has 0 saturated heterocycles. The van der Waals surface area contributed by atoms with Crippen LogP contribution in [0.3, 0.4) is 0 Å². The molecule has 2 aromatic heterocycles. The van der Waals surface area contributed by atoms with Crippen molar-refractivity contribution < 1.29 is 51.9 Å². The third-order valence-corrected chi connectivity index (χ3v) is 9.35. The number of nitrogen functional groups attached to an aromatic ring is 1. The summed E-state index contributed by atoms with van der Waals surface area (Å²) in [5.41, 5.74) is 6.89. The number of alkyl halides is 4. The van der Waals surface area contributed by atoms with Crippen LogP contribution in [0.5, 0.6) is 0 Å². The highest BCUT2D eigenvalue weighted by Crippen LogP contribution is 2.39. The van der Waals surface area contributed by atoms with E-state index in [0.29, 0.717) is 30.6 Å². The minimum absolute atomic E-state index is 0.0223. The molecule has 0 saturated carbocycles. The molecule has 0 fully saturated rings. The molecule has 0 aliphatic carbocycles. The number of nitro groups is 1. The molecule has 1 atom stereocenters. The van der Waals surface area contributed by atoms with Crippen molar-refractivity contribution in [2.75, 3.05) is 60.2 Å². The lowest BCUT2D eigenvalue weighted by Gasteiger charge is -2.31. The lowest BCUT2D eigenvalue weighted by molar-refractivity contribution is -0.383. The summed E-state index contributed by atoms with van der Waals surface area (Å²) in [5, 5.41) is 29.9. The summed E-state index contributed by atoms with van der Waals surface area (Å²) in [6.07, 6.45) is -3.50. The number of carboxylic acids is 1. The Morgan fingerprint density at radius 3 is 2.11 bits per heavy atom. The first-order valence-electron chi connectivity index (χ1n) is 18.9. The number of rotatable bonds is 15. The Hall–Kier alpha value is -4.58. The molecule has 362 valence electrons. The van der Waals surface area contributed by atoms with Crippen LogP contribution >= 0.6 is 54.0 Å². The van der Waals surface area contributed by atoms with Gasteiger partial charge >= 0.3 is 25.4 Å². The van der Waals surface area contributed by atoms with Gasteiger partial charge in [0.15, 0.2) is 0 Å². The zero-order valence-corrected chi connectivity index (χ0v) is 40.3. The van der Waals surface area contributed by atoms with Gasteiger partial charge in [-0.1, -0.05) is 48.3 Å². The van der Waals surface area contributed by atoms with E-state index in [9.17, 15) is 37.4 Å². The lowest BCUT2D eigenvalue weighted by atomic mass is 10.0. The number of hydrogen-bond acceptors (Lipinski definition) is 14. The number of amides is 1. The predicted molar refractivity (Wildman–Crippen MR) is 245 cm³/mol. The molecule has 0 aliphatic heterocycles. The molecule has 8 N–H and O–H groups in total. The second-order valence-corrected chi connectivity index (χ2v) is 17.4. The molecule has 4 rings (SSSR count). The third kappa shape index (κ3) is 20.2. The molecule has 20 nitrogen and oxygen atoms in total.